The Morgan fingerprint density at radius 3 is 2.68 bits per heavy atom. The standard InChI is InChI=1S/C16H14N2O4/c1-10-8-18-9-13(10)15(19)22-14(16(20)21-2)12-5-3-4-11(6-12)7-17/h3-6,8-9,14,18H,1-2H3. The van der Waals surface area contributed by atoms with Crippen LogP contribution >= 0.6 is 0 Å². The van der Waals surface area contributed by atoms with Crippen LogP contribution in [0.5, 0.6) is 0 Å². The normalized spacial score (nSPS) is 11.3. The van der Waals surface area contributed by atoms with E-state index in [0.717, 1.165) is 0 Å². The van der Waals surface area contributed by atoms with Crippen molar-refractivity contribution in [3.05, 3.63) is 58.9 Å². The summed E-state index contributed by atoms with van der Waals surface area (Å²) in [7, 11) is 1.21. The van der Waals surface area contributed by atoms with Crippen LogP contribution in [0.4, 0.5) is 0 Å². The van der Waals surface area contributed by atoms with Crippen molar-refractivity contribution in [1.82, 2.24) is 4.98 Å². The summed E-state index contributed by atoms with van der Waals surface area (Å²) in [5, 5.41) is 8.93. The molecule has 2 aromatic rings. The van der Waals surface area contributed by atoms with Gasteiger partial charge in [0.05, 0.1) is 24.3 Å². The molecular formula is C16H14N2O4. The Morgan fingerprint density at radius 2 is 2.09 bits per heavy atom. The molecule has 2 rings (SSSR count). The first-order chi connectivity index (χ1) is 10.6. The first-order valence-electron chi connectivity index (χ1n) is 6.49. The lowest BCUT2D eigenvalue weighted by molar-refractivity contribution is -0.151. The number of benzene rings is 1. The smallest absolute Gasteiger partial charge is 0.351 e. The molecule has 0 fully saturated rings. The molecule has 0 amide bonds. The number of esters is 2. The third-order valence-corrected chi connectivity index (χ3v) is 3.13. The second-order valence-corrected chi connectivity index (χ2v) is 4.60. The zero-order valence-electron chi connectivity index (χ0n) is 12.1. The van der Waals surface area contributed by atoms with Crippen molar-refractivity contribution >= 4 is 11.9 Å². The van der Waals surface area contributed by atoms with Gasteiger partial charge in [-0.1, -0.05) is 12.1 Å². The highest BCUT2D eigenvalue weighted by molar-refractivity contribution is 5.92. The van der Waals surface area contributed by atoms with Gasteiger partial charge >= 0.3 is 11.9 Å². The molecule has 112 valence electrons. The maximum Gasteiger partial charge on any atom is 0.351 e. The summed E-state index contributed by atoms with van der Waals surface area (Å²) in [6.07, 6.45) is 1.93. The first kappa shape index (κ1) is 15.3. The van der Waals surface area contributed by atoms with Crippen LogP contribution in [-0.2, 0) is 14.3 Å². The average Bonchev–Trinajstić information content (AvgIpc) is 2.97. The summed E-state index contributed by atoms with van der Waals surface area (Å²) < 4.78 is 9.95. The van der Waals surface area contributed by atoms with E-state index in [-0.39, 0.29) is 0 Å². The third kappa shape index (κ3) is 3.15. The number of hydrogen-bond donors (Lipinski definition) is 1. The van der Waals surface area contributed by atoms with Crippen molar-refractivity contribution in [2.45, 2.75) is 13.0 Å². The van der Waals surface area contributed by atoms with Crippen LogP contribution in [0.1, 0.15) is 33.2 Å². The van der Waals surface area contributed by atoms with Crippen molar-refractivity contribution in [3.63, 3.8) is 0 Å². The fraction of sp³-hybridized carbons (Fsp3) is 0.188. The summed E-state index contributed by atoms with van der Waals surface area (Å²) >= 11 is 0. The molecule has 0 saturated heterocycles. The number of carbonyl (C=O) groups excluding carboxylic acids is 2. The number of ether oxygens (including phenoxy) is 2. The Labute approximate surface area is 127 Å². The monoisotopic (exact) mass is 298 g/mol. The highest BCUT2D eigenvalue weighted by Gasteiger charge is 2.27. The molecular weight excluding hydrogens is 284 g/mol. The number of hydrogen-bond acceptors (Lipinski definition) is 5. The van der Waals surface area contributed by atoms with E-state index in [9.17, 15) is 9.59 Å². The molecule has 6 heteroatoms. The van der Waals surface area contributed by atoms with Gasteiger partial charge in [-0.15, -0.1) is 0 Å². The van der Waals surface area contributed by atoms with Crippen LogP contribution in [-0.4, -0.2) is 24.0 Å². The number of nitrogens with one attached hydrogen (secondary N) is 1. The molecule has 1 N–H and O–H groups in total. The minimum atomic E-state index is -1.22. The summed E-state index contributed by atoms with van der Waals surface area (Å²) in [5.74, 6) is -1.35. The van der Waals surface area contributed by atoms with Gasteiger partial charge in [0.25, 0.3) is 0 Å². The first-order valence-corrected chi connectivity index (χ1v) is 6.49. The predicted octanol–water partition coefficient (Wildman–Crippen LogP) is 2.27. The molecule has 0 aliphatic heterocycles. The van der Waals surface area contributed by atoms with Gasteiger partial charge in [0.2, 0.25) is 6.10 Å². The lowest BCUT2D eigenvalue weighted by Crippen LogP contribution is -2.21. The van der Waals surface area contributed by atoms with Crippen molar-refractivity contribution < 1.29 is 19.1 Å². The minimum absolute atomic E-state index is 0.338. The molecule has 1 heterocycles. The molecule has 0 spiro atoms. The molecule has 0 aliphatic carbocycles. The van der Waals surface area contributed by atoms with E-state index in [1.165, 1.54) is 19.4 Å². The fourth-order valence-corrected chi connectivity index (χ4v) is 1.96. The van der Waals surface area contributed by atoms with E-state index >= 15 is 0 Å². The number of rotatable bonds is 4. The van der Waals surface area contributed by atoms with Crippen LogP contribution in [0.15, 0.2) is 36.7 Å². The molecule has 0 saturated carbocycles. The number of nitriles is 1. The van der Waals surface area contributed by atoms with Gasteiger partial charge in [-0.3, -0.25) is 0 Å². The number of H-pyrrole nitrogens is 1. The summed E-state index contributed by atoms with van der Waals surface area (Å²) in [5.41, 5.74) is 1.79. The number of nitrogens with zero attached hydrogens (tertiary/aromatic N) is 1. The Morgan fingerprint density at radius 1 is 1.32 bits per heavy atom. The topological polar surface area (TPSA) is 92.2 Å². The molecule has 1 unspecified atom stereocenters. The Balaban J connectivity index is 2.31. The Hall–Kier alpha value is -3.07. The minimum Gasteiger partial charge on any atom is -0.466 e. The second-order valence-electron chi connectivity index (χ2n) is 4.60. The highest BCUT2D eigenvalue weighted by atomic mass is 16.6. The third-order valence-electron chi connectivity index (χ3n) is 3.13. The maximum absolute atomic E-state index is 12.2. The largest absolute Gasteiger partial charge is 0.466 e. The van der Waals surface area contributed by atoms with Crippen LogP contribution in [0.3, 0.4) is 0 Å². The lowest BCUT2D eigenvalue weighted by atomic mass is 10.1. The number of aryl methyl sites for hydroxylation is 1. The van der Waals surface area contributed by atoms with E-state index in [2.05, 4.69) is 9.72 Å². The fourth-order valence-electron chi connectivity index (χ4n) is 1.96. The van der Waals surface area contributed by atoms with Gasteiger partial charge in [0, 0.05) is 18.0 Å². The van der Waals surface area contributed by atoms with Gasteiger partial charge in [-0.2, -0.15) is 5.26 Å². The Bertz CT molecular complexity index is 743. The van der Waals surface area contributed by atoms with Gasteiger partial charge in [-0.25, -0.2) is 9.59 Å². The zero-order chi connectivity index (χ0) is 16.1. The van der Waals surface area contributed by atoms with E-state index in [1.807, 2.05) is 6.07 Å². The Kier molecular flexibility index (Phi) is 4.59. The maximum atomic E-state index is 12.2. The van der Waals surface area contributed by atoms with Crippen molar-refractivity contribution in [2.24, 2.45) is 0 Å². The highest BCUT2D eigenvalue weighted by Crippen LogP contribution is 2.22. The number of aromatic nitrogens is 1. The van der Waals surface area contributed by atoms with Gasteiger partial charge in [0.15, 0.2) is 0 Å². The van der Waals surface area contributed by atoms with Crippen molar-refractivity contribution in [2.75, 3.05) is 7.11 Å². The quantitative estimate of drug-likeness (QED) is 0.874. The summed E-state index contributed by atoms with van der Waals surface area (Å²) in [6.45, 7) is 1.75. The number of carbonyl (C=O) groups is 2. The van der Waals surface area contributed by atoms with Crippen LogP contribution in [0, 0.1) is 18.3 Å². The average molecular weight is 298 g/mol. The van der Waals surface area contributed by atoms with E-state index in [0.29, 0.717) is 22.3 Å². The van der Waals surface area contributed by atoms with E-state index in [1.54, 1.807) is 31.3 Å². The van der Waals surface area contributed by atoms with Gasteiger partial charge in [-0.05, 0) is 24.6 Å². The van der Waals surface area contributed by atoms with Gasteiger partial charge < -0.3 is 14.5 Å². The van der Waals surface area contributed by atoms with Gasteiger partial charge in [0.1, 0.15) is 0 Å². The molecule has 0 aliphatic rings. The molecule has 1 atom stereocenters. The number of aromatic amines is 1. The SMILES string of the molecule is COC(=O)C(OC(=O)c1c[nH]cc1C)c1cccc(C#N)c1. The van der Waals surface area contributed by atoms with Crippen molar-refractivity contribution in [3.8, 4) is 6.07 Å². The number of methoxy groups -OCH3 is 1. The molecule has 1 aromatic carbocycles. The molecule has 0 radical (unpaired) electrons. The van der Waals surface area contributed by atoms with Crippen LogP contribution < -0.4 is 0 Å². The van der Waals surface area contributed by atoms with E-state index < -0.39 is 18.0 Å². The molecule has 6 nitrogen and oxygen atoms in total. The second kappa shape index (κ2) is 6.59. The van der Waals surface area contributed by atoms with E-state index in [4.69, 9.17) is 10.00 Å². The van der Waals surface area contributed by atoms with Crippen LogP contribution in [0.25, 0.3) is 0 Å². The molecule has 0 bridgehead atoms. The zero-order valence-corrected chi connectivity index (χ0v) is 12.1. The predicted molar refractivity (Wildman–Crippen MR) is 76.9 cm³/mol. The van der Waals surface area contributed by atoms with Crippen LogP contribution in [0.2, 0.25) is 0 Å². The molecule has 1 aromatic heterocycles. The summed E-state index contributed by atoms with van der Waals surface area (Å²) in [6, 6.07) is 8.26. The van der Waals surface area contributed by atoms with Crippen molar-refractivity contribution in [1.29, 1.82) is 5.26 Å². The summed E-state index contributed by atoms with van der Waals surface area (Å²) in [4.78, 5) is 26.9. The molecule has 22 heavy (non-hydrogen) atoms. The lowest BCUT2D eigenvalue weighted by Gasteiger charge is -2.16.